The first kappa shape index (κ1) is 19.4. The lowest BCUT2D eigenvalue weighted by Crippen LogP contribution is -2.52. The molecule has 0 unspecified atom stereocenters. The summed E-state index contributed by atoms with van der Waals surface area (Å²) in [5, 5.41) is 5.69. The Morgan fingerprint density at radius 1 is 1.36 bits per heavy atom. The van der Waals surface area contributed by atoms with Crippen molar-refractivity contribution in [3.8, 4) is 0 Å². The molecule has 2 aromatic rings. The number of ether oxygens (including phenoxy) is 2. The Hall–Kier alpha value is -1.94. The number of rotatable bonds is 5. The molecule has 2 atom stereocenters. The molecule has 0 saturated carbocycles. The monoisotopic (exact) mass is 409 g/mol. The van der Waals surface area contributed by atoms with Crippen molar-refractivity contribution < 1.29 is 23.0 Å². The second-order valence-electron chi connectivity index (χ2n) is 7.17. The van der Waals surface area contributed by atoms with Crippen LogP contribution in [-0.2, 0) is 27.4 Å². The average molecular weight is 409 g/mol. The van der Waals surface area contributed by atoms with Gasteiger partial charge in [0.25, 0.3) is 0 Å². The molecule has 6 nitrogen and oxygen atoms in total. The highest BCUT2D eigenvalue weighted by Crippen LogP contribution is 2.32. The number of thiazole rings is 1. The second-order valence-corrected chi connectivity index (χ2v) is 8.15. The Labute approximate surface area is 165 Å². The number of morpholine rings is 1. The van der Waals surface area contributed by atoms with Crippen LogP contribution in [0, 0.1) is 11.6 Å². The van der Waals surface area contributed by atoms with Crippen molar-refractivity contribution in [2.45, 2.75) is 31.2 Å². The summed E-state index contributed by atoms with van der Waals surface area (Å²) in [6, 6.07) is 3.19. The molecule has 0 aliphatic carbocycles. The lowest BCUT2D eigenvalue weighted by Gasteiger charge is -2.39. The minimum Gasteiger partial charge on any atom is -0.370 e. The van der Waals surface area contributed by atoms with Crippen LogP contribution in [0.15, 0.2) is 29.8 Å². The van der Waals surface area contributed by atoms with Crippen LogP contribution in [0.3, 0.4) is 0 Å². The lowest BCUT2D eigenvalue weighted by atomic mass is 9.97. The first-order chi connectivity index (χ1) is 13.5. The summed E-state index contributed by atoms with van der Waals surface area (Å²) in [4.78, 5) is 19.0. The largest absolute Gasteiger partial charge is 0.370 e. The zero-order chi connectivity index (χ0) is 19.6. The van der Waals surface area contributed by atoms with Gasteiger partial charge in [-0.05, 0) is 17.7 Å². The fourth-order valence-corrected chi connectivity index (χ4v) is 4.34. The third kappa shape index (κ3) is 4.54. The fourth-order valence-electron chi connectivity index (χ4n) is 3.68. The van der Waals surface area contributed by atoms with Gasteiger partial charge in [0, 0.05) is 43.7 Å². The van der Waals surface area contributed by atoms with E-state index in [1.54, 1.807) is 17.5 Å². The van der Waals surface area contributed by atoms with Crippen LogP contribution < -0.4 is 5.32 Å². The van der Waals surface area contributed by atoms with Gasteiger partial charge in [0.2, 0.25) is 5.91 Å². The Balaban J connectivity index is 1.31. The number of nitrogens with zero attached hydrogens (tertiary/aromatic N) is 2. The smallest absolute Gasteiger partial charge is 0.249 e. The van der Waals surface area contributed by atoms with Gasteiger partial charge in [0.15, 0.2) is 0 Å². The molecule has 3 heterocycles. The second kappa shape index (κ2) is 8.20. The van der Waals surface area contributed by atoms with Crippen molar-refractivity contribution in [3.63, 3.8) is 0 Å². The maximum absolute atomic E-state index is 13.3. The summed E-state index contributed by atoms with van der Waals surface area (Å²) in [6.07, 6.45) is 1.60. The van der Waals surface area contributed by atoms with E-state index in [4.69, 9.17) is 9.47 Å². The van der Waals surface area contributed by atoms with Gasteiger partial charge in [0.05, 0.1) is 19.8 Å². The Bertz CT molecular complexity index is 816. The van der Waals surface area contributed by atoms with Gasteiger partial charge in [-0.3, -0.25) is 9.69 Å². The molecule has 2 aliphatic rings. The highest BCUT2D eigenvalue weighted by atomic mass is 32.1. The van der Waals surface area contributed by atoms with Crippen molar-refractivity contribution in [1.82, 2.24) is 15.2 Å². The fraction of sp³-hybridized carbons (Fsp3) is 0.474. The van der Waals surface area contributed by atoms with Crippen LogP contribution in [0.1, 0.15) is 17.0 Å². The number of carbonyl (C=O) groups is 1. The summed E-state index contributed by atoms with van der Waals surface area (Å²) in [5.41, 5.74) is -0.148. The van der Waals surface area contributed by atoms with Gasteiger partial charge in [0.1, 0.15) is 28.3 Å². The Morgan fingerprint density at radius 3 is 2.93 bits per heavy atom. The molecule has 2 aliphatic heterocycles. The van der Waals surface area contributed by atoms with Gasteiger partial charge in [-0.25, -0.2) is 13.8 Å². The predicted molar refractivity (Wildman–Crippen MR) is 98.6 cm³/mol. The Kier molecular flexibility index (Phi) is 5.68. The van der Waals surface area contributed by atoms with Gasteiger partial charge < -0.3 is 14.8 Å². The van der Waals surface area contributed by atoms with Crippen LogP contribution >= 0.6 is 11.3 Å². The first-order valence-corrected chi connectivity index (χ1v) is 9.98. The zero-order valence-corrected chi connectivity index (χ0v) is 16.0. The minimum absolute atomic E-state index is 0.0391. The molecular weight excluding hydrogens is 388 g/mol. The number of amides is 1. The molecule has 9 heteroatoms. The van der Waals surface area contributed by atoms with Crippen molar-refractivity contribution >= 4 is 17.2 Å². The summed E-state index contributed by atoms with van der Waals surface area (Å²) >= 11 is 1.62. The lowest BCUT2D eigenvalue weighted by molar-refractivity contribution is -0.130. The third-order valence-corrected chi connectivity index (χ3v) is 5.72. The van der Waals surface area contributed by atoms with E-state index in [9.17, 15) is 13.6 Å². The molecule has 1 spiro atoms. The van der Waals surface area contributed by atoms with E-state index in [2.05, 4.69) is 15.2 Å². The summed E-state index contributed by atoms with van der Waals surface area (Å²) in [6.45, 7) is 3.19. The number of benzene rings is 1. The number of nitrogens with one attached hydrogen (secondary N) is 1. The zero-order valence-electron chi connectivity index (χ0n) is 15.2. The van der Waals surface area contributed by atoms with Crippen LogP contribution in [0.2, 0.25) is 0 Å². The highest BCUT2D eigenvalue weighted by molar-refractivity contribution is 7.09. The first-order valence-electron chi connectivity index (χ1n) is 9.10. The molecule has 1 N–H and O–H groups in total. The SMILES string of the molecule is O=C(NCc1cc(F)cc(F)c1)[C@@H]1C[C@]2(CO1)CN(Cc1nccs1)CCO2. The van der Waals surface area contributed by atoms with Gasteiger partial charge in [-0.1, -0.05) is 0 Å². The number of aromatic nitrogens is 1. The molecule has 1 aromatic heterocycles. The predicted octanol–water partition coefficient (Wildman–Crippen LogP) is 2.10. The normalized spacial score (nSPS) is 25.3. The quantitative estimate of drug-likeness (QED) is 0.820. The number of hydrogen-bond donors (Lipinski definition) is 1. The van der Waals surface area contributed by atoms with E-state index in [1.807, 2.05) is 5.38 Å². The van der Waals surface area contributed by atoms with Crippen molar-refractivity contribution in [2.24, 2.45) is 0 Å². The van der Waals surface area contributed by atoms with Gasteiger partial charge >= 0.3 is 0 Å². The van der Waals surface area contributed by atoms with E-state index < -0.39 is 23.3 Å². The third-order valence-electron chi connectivity index (χ3n) is 4.96. The number of carbonyl (C=O) groups excluding carboxylic acids is 1. The maximum atomic E-state index is 13.3. The number of hydrogen-bond acceptors (Lipinski definition) is 6. The molecule has 1 amide bonds. The molecule has 4 rings (SSSR count). The molecule has 2 fully saturated rings. The standard InChI is InChI=1S/C19H21F2N3O3S/c20-14-5-13(6-15(21)7-14)9-23-18(25)16-8-19(12-26-16)11-24(2-3-27-19)10-17-22-1-4-28-17/h1,4-7,16H,2-3,8-12H2,(H,23,25)/t16-,19+/m0/s1. The van der Waals surface area contributed by atoms with Gasteiger partial charge in [-0.2, -0.15) is 0 Å². The molecule has 150 valence electrons. The summed E-state index contributed by atoms with van der Waals surface area (Å²) < 4.78 is 38.2. The van der Waals surface area contributed by atoms with Crippen LogP contribution in [0.5, 0.6) is 0 Å². The van der Waals surface area contributed by atoms with Gasteiger partial charge in [-0.15, -0.1) is 11.3 Å². The topological polar surface area (TPSA) is 63.7 Å². The van der Waals surface area contributed by atoms with E-state index in [0.717, 1.165) is 24.2 Å². The highest BCUT2D eigenvalue weighted by Gasteiger charge is 2.46. The van der Waals surface area contributed by atoms with E-state index in [-0.39, 0.29) is 12.5 Å². The van der Waals surface area contributed by atoms with Crippen molar-refractivity contribution in [2.75, 3.05) is 26.3 Å². The minimum atomic E-state index is -0.670. The number of halogens is 2. The molecule has 2 saturated heterocycles. The summed E-state index contributed by atoms with van der Waals surface area (Å²) in [7, 11) is 0. The van der Waals surface area contributed by atoms with Crippen LogP contribution in [-0.4, -0.2) is 53.8 Å². The Morgan fingerprint density at radius 2 is 2.18 bits per heavy atom. The molecule has 0 radical (unpaired) electrons. The van der Waals surface area contributed by atoms with E-state index in [0.29, 0.717) is 31.7 Å². The molecule has 28 heavy (non-hydrogen) atoms. The van der Waals surface area contributed by atoms with Crippen LogP contribution in [0.25, 0.3) is 0 Å². The molecular formula is C19H21F2N3O3S. The van der Waals surface area contributed by atoms with E-state index in [1.165, 1.54) is 12.1 Å². The maximum Gasteiger partial charge on any atom is 0.249 e. The van der Waals surface area contributed by atoms with E-state index >= 15 is 0 Å². The van der Waals surface area contributed by atoms with Crippen molar-refractivity contribution in [3.05, 3.63) is 52.0 Å². The van der Waals surface area contributed by atoms with Crippen molar-refractivity contribution in [1.29, 1.82) is 0 Å². The summed E-state index contributed by atoms with van der Waals surface area (Å²) in [5.74, 6) is -1.64. The van der Waals surface area contributed by atoms with Crippen LogP contribution in [0.4, 0.5) is 8.78 Å². The average Bonchev–Trinajstić information content (AvgIpc) is 3.29. The molecule has 0 bridgehead atoms. The molecule has 1 aromatic carbocycles.